The Morgan fingerprint density at radius 3 is 2.63 bits per heavy atom. The van der Waals surface area contributed by atoms with Crippen molar-refractivity contribution in [1.82, 2.24) is 9.97 Å². The Hall–Kier alpha value is -3.05. The van der Waals surface area contributed by atoms with E-state index in [0.29, 0.717) is 10.7 Å². The van der Waals surface area contributed by atoms with Crippen LogP contribution >= 0.6 is 11.3 Å². The van der Waals surface area contributed by atoms with Crippen LogP contribution in [0.4, 0.5) is 5.13 Å². The van der Waals surface area contributed by atoms with Gasteiger partial charge in [-0.3, -0.25) is 9.69 Å². The predicted octanol–water partition coefficient (Wildman–Crippen LogP) is 5.25. The molecule has 0 aliphatic rings. The Kier molecular flexibility index (Phi) is 4.46. The molecule has 2 aromatic heterocycles. The van der Waals surface area contributed by atoms with Gasteiger partial charge in [-0.25, -0.2) is 9.97 Å². The number of para-hydroxylation sites is 1. The molecule has 0 atom stereocenters. The first-order valence-electron chi connectivity index (χ1n) is 8.69. The lowest BCUT2D eigenvalue weighted by molar-refractivity contribution is 0.0994. The summed E-state index contributed by atoms with van der Waals surface area (Å²) in [5.74, 6) is -0.0884. The summed E-state index contributed by atoms with van der Waals surface area (Å²) in [6.07, 6.45) is 1.70. The number of hydrogen-bond donors (Lipinski definition) is 0. The lowest BCUT2D eigenvalue weighted by atomic mass is 9.99. The molecular weight excluding hydrogens is 354 g/mol. The molecule has 2 aromatic carbocycles. The molecule has 0 aliphatic heterocycles. The van der Waals surface area contributed by atoms with Gasteiger partial charge in [-0.15, -0.1) is 11.3 Å². The zero-order valence-corrected chi connectivity index (χ0v) is 16.2. The highest BCUT2D eigenvalue weighted by atomic mass is 32.1. The second-order valence-corrected chi connectivity index (χ2v) is 7.44. The molecule has 0 fully saturated rings. The summed E-state index contributed by atoms with van der Waals surface area (Å²) in [5.41, 5.74) is 5.64. The lowest BCUT2D eigenvalue weighted by Crippen LogP contribution is -2.26. The Bertz CT molecular complexity index is 1140. The molecular formula is C22H19N3OS. The standard InChI is InChI=1S/C22H19N3OS/c1-14-8-9-16(15(2)12-14)20-13-18(17-6-4-5-7-19(17)24-20)21(26)25(3)22-23-10-11-27-22/h4-13H,1-3H3. The van der Waals surface area contributed by atoms with Crippen LogP contribution in [0.1, 0.15) is 21.5 Å². The van der Waals surface area contributed by atoms with Crippen LogP contribution in [0.3, 0.4) is 0 Å². The monoisotopic (exact) mass is 373 g/mol. The maximum absolute atomic E-state index is 13.2. The van der Waals surface area contributed by atoms with Crippen LogP contribution in [-0.2, 0) is 0 Å². The van der Waals surface area contributed by atoms with Crippen LogP contribution in [-0.4, -0.2) is 22.9 Å². The van der Waals surface area contributed by atoms with Crippen molar-refractivity contribution >= 4 is 33.3 Å². The number of aromatic nitrogens is 2. The first-order valence-corrected chi connectivity index (χ1v) is 9.57. The minimum absolute atomic E-state index is 0.0884. The quantitative estimate of drug-likeness (QED) is 0.493. The molecule has 5 heteroatoms. The number of nitrogens with zero attached hydrogens (tertiary/aromatic N) is 3. The van der Waals surface area contributed by atoms with E-state index >= 15 is 0 Å². The van der Waals surface area contributed by atoms with Crippen LogP contribution in [0.2, 0.25) is 0 Å². The molecule has 0 saturated carbocycles. The normalized spacial score (nSPS) is 10.9. The Labute approximate surface area is 162 Å². The van der Waals surface area contributed by atoms with Crippen molar-refractivity contribution in [2.45, 2.75) is 13.8 Å². The molecule has 134 valence electrons. The molecule has 2 heterocycles. The summed E-state index contributed by atoms with van der Waals surface area (Å²) in [6.45, 7) is 4.14. The average molecular weight is 373 g/mol. The number of rotatable bonds is 3. The highest BCUT2D eigenvalue weighted by Gasteiger charge is 2.20. The smallest absolute Gasteiger partial charge is 0.260 e. The Morgan fingerprint density at radius 1 is 1.07 bits per heavy atom. The number of carbonyl (C=O) groups excluding carboxylic acids is 1. The number of carbonyl (C=O) groups is 1. The van der Waals surface area contributed by atoms with Crippen LogP contribution in [0.5, 0.6) is 0 Å². The van der Waals surface area contributed by atoms with Crippen molar-refractivity contribution in [2.24, 2.45) is 0 Å². The van der Waals surface area contributed by atoms with Crippen LogP contribution in [0.15, 0.2) is 60.1 Å². The minimum atomic E-state index is -0.0884. The van der Waals surface area contributed by atoms with Crippen molar-refractivity contribution in [3.8, 4) is 11.3 Å². The van der Waals surface area contributed by atoms with Crippen molar-refractivity contribution < 1.29 is 4.79 Å². The average Bonchev–Trinajstić information content (AvgIpc) is 3.21. The second kappa shape index (κ2) is 6.93. The van der Waals surface area contributed by atoms with Gasteiger partial charge in [-0.2, -0.15) is 0 Å². The van der Waals surface area contributed by atoms with Gasteiger partial charge in [0.1, 0.15) is 0 Å². The second-order valence-electron chi connectivity index (χ2n) is 6.57. The third-order valence-electron chi connectivity index (χ3n) is 4.62. The SMILES string of the molecule is Cc1ccc(-c2cc(C(=O)N(C)c3nccs3)c3ccccc3n2)c(C)c1. The fourth-order valence-electron chi connectivity index (χ4n) is 3.24. The highest BCUT2D eigenvalue weighted by Crippen LogP contribution is 2.29. The van der Waals surface area contributed by atoms with Gasteiger partial charge in [0.25, 0.3) is 5.91 Å². The van der Waals surface area contributed by atoms with E-state index in [2.05, 4.69) is 37.0 Å². The molecule has 0 unspecified atom stereocenters. The van der Waals surface area contributed by atoms with Crippen molar-refractivity contribution in [1.29, 1.82) is 0 Å². The van der Waals surface area contributed by atoms with E-state index in [1.807, 2.05) is 35.7 Å². The molecule has 27 heavy (non-hydrogen) atoms. The molecule has 0 aliphatic carbocycles. The Balaban J connectivity index is 1.90. The van der Waals surface area contributed by atoms with Gasteiger partial charge < -0.3 is 0 Å². The van der Waals surface area contributed by atoms with Gasteiger partial charge in [0.2, 0.25) is 0 Å². The van der Waals surface area contributed by atoms with E-state index < -0.39 is 0 Å². The number of fused-ring (bicyclic) bond motifs is 1. The van der Waals surface area contributed by atoms with Crippen molar-refractivity contribution in [3.05, 3.63) is 76.8 Å². The minimum Gasteiger partial charge on any atom is -0.287 e. The van der Waals surface area contributed by atoms with E-state index in [0.717, 1.165) is 27.7 Å². The van der Waals surface area contributed by atoms with Crippen molar-refractivity contribution in [2.75, 3.05) is 11.9 Å². The first-order chi connectivity index (χ1) is 13.0. The zero-order chi connectivity index (χ0) is 19.0. The molecule has 4 aromatic rings. The van der Waals surface area contributed by atoms with E-state index in [-0.39, 0.29) is 5.91 Å². The number of aryl methyl sites for hydroxylation is 2. The Morgan fingerprint density at radius 2 is 1.89 bits per heavy atom. The number of hydrogen-bond acceptors (Lipinski definition) is 4. The topological polar surface area (TPSA) is 46.1 Å². The number of thiazole rings is 1. The summed E-state index contributed by atoms with van der Waals surface area (Å²) in [5, 5.41) is 3.39. The molecule has 0 N–H and O–H groups in total. The summed E-state index contributed by atoms with van der Waals surface area (Å²) >= 11 is 1.44. The predicted molar refractivity (Wildman–Crippen MR) is 112 cm³/mol. The largest absolute Gasteiger partial charge is 0.287 e. The lowest BCUT2D eigenvalue weighted by Gasteiger charge is -2.16. The molecule has 4 nitrogen and oxygen atoms in total. The number of amides is 1. The van der Waals surface area contributed by atoms with Gasteiger partial charge in [-0.1, -0.05) is 42.0 Å². The third kappa shape index (κ3) is 3.22. The molecule has 4 rings (SSSR count). The van der Waals surface area contributed by atoms with Gasteiger partial charge in [0, 0.05) is 29.6 Å². The number of anilines is 1. The van der Waals surface area contributed by atoms with Gasteiger partial charge in [0.05, 0.1) is 16.8 Å². The summed E-state index contributed by atoms with van der Waals surface area (Å²) in [7, 11) is 1.76. The molecule has 1 amide bonds. The fourth-order valence-corrected chi connectivity index (χ4v) is 3.85. The summed E-state index contributed by atoms with van der Waals surface area (Å²) in [4.78, 5) is 23.9. The number of pyridine rings is 1. The fraction of sp³-hybridized carbons (Fsp3) is 0.136. The van der Waals surface area contributed by atoms with E-state index in [1.54, 1.807) is 18.1 Å². The van der Waals surface area contributed by atoms with E-state index in [4.69, 9.17) is 4.98 Å². The van der Waals surface area contributed by atoms with Crippen LogP contribution in [0, 0.1) is 13.8 Å². The molecule has 0 radical (unpaired) electrons. The van der Waals surface area contributed by atoms with Crippen molar-refractivity contribution in [3.63, 3.8) is 0 Å². The zero-order valence-electron chi connectivity index (χ0n) is 15.4. The van der Waals surface area contributed by atoms with Crippen LogP contribution < -0.4 is 4.90 Å². The third-order valence-corrected chi connectivity index (χ3v) is 5.46. The van der Waals surface area contributed by atoms with E-state index in [1.165, 1.54) is 16.9 Å². The summed E-state index contributed by atoms with van der Waals surface area (Å²) in [6, 6.07) is 15.9. The highest BCUT2D eigenvalue weighted by molar-refractivity contribution is 7.13. The maximum Gasteiger partial charge on any atom is 0.260 e. The molecule has 0 spiro atoms. The number of benzene rings is 2. The molecule has 0 bridgehead atoms. The molecule has 0 saturated heterocycles. The summed E-state index contributed by atoms with van der Waals surface area (Å²) < 4.78 is 0. The van der Waals surface area contributed by atoms with Gasteiger partial charge >= 0.3 is 0 Å². The van der Waals surface area contributed by atoms with Crippen LogP contribution in [0.25, 0.3) is 22.2 Å². The van der Waals surface area contributed by atoms with Gasteiger partial charge in [-0.05, 0) is 31.5 Å². The van der Waals surface area contributed by atoms with Gasteiger partial charge in [0.15, 0.2) is 5.13 Å². The maximum atomic E-state index is 13.2. The first kappa shape index (κ1) is 17.4. The van der Waals surface area contributed by atoms with E-state index in [9.17, 15) is 4.79 Å².